The van der Waals surface area contributed by atoms with Gasteiger partial charge in [-0.3, -0.25) is 0 Å². The zero-order chi connectivity index (χ0) is 13.9. The first-order valence-electron chi connectivity index (χ1n) is 7.15. The van der Waals surface area contributed by atoms with Crippen molar-refractivity contribution >= 4 is 0 Å². The molecule has 3 rings (SSSR count). The van der Waals surface area contributed by atoms with Crippen LogP contribution in [0.3, 0.4) is 0 Å². The average molecular weight is 279 g/mol. The largest absolute Gasteiger partial charge is 0.488 e. The highest BCUT2D eigenvalue weighted by atomic mass is 16.7. The first-order valence-corrected chi connectivity index (χ1v) is 7.15. The van der Waals surface area contributed by atoms with E-state index in [0.717, 1.165) is 48.7 Å². The van der Waals surface area contributed by atoms with Crippen molar-refractivity contribution in [2.45, 2.75) is 38.3 Å². The van der Waals surface area contributed by atoms with E-state index in [-0.39, 0.29) is 18.9 Å². The third-order valence-electron chi connectivity index (χ3n) is 3.51. The molecule has 2 N–H and O–H groups in total. The number of ether oxygens (including phenoxy) is 4. The van der Waals surface area contributed by atoms with Crippen molar-refractivity contribution < 1.29 is 18.9 Å². The van der Waals surface area contributed by atoms with Crippen LogP contribution in [0.5, 0.6) is 17.2 Å². The molecule has 2 heterocycles. The second-order valence-electron chi connectivity index (χ2n) is 5.45. The van der Waals surface area contributed by atoms with E-state index in [2.05, 4.69) is 0 Å². The lowest BCUT2D eigenvalue weighted by molar-refractivity contribution is 0.00696. The lowest BCUT2D eigenvalue weighted by Crippen LogP contribution is -2.28. The number of benzene rings is 1. The molecular weight excluding hydrogens is 258 g/mol. The van der Waals surface area contributed by atoms with Gasteiger partial charge in [-0.1, -0.05) is 0 Å². The van der Waals surface area contributed by atoms with Gasteiger partial charge in [0.2, 0.25) is 6.79 Å². The predicted octanol–water partition coefficient (Wildman–Crippen LogP) is 1.86. The molecular formula is C15H21NO4. The Balaban J connectivity index is 1.82. The van der Waals surface area contributed by atoms with Crippen molar-refractivity contribution in [2.24, 2.45) is 5.73 Å². The molecule has 0 saturated carbocycles. The van der Waals surface area contributed by atoms with E-state index in [1.54, 1.807) is 0 Å². The van der Waals surface area contributed by atoms with E-state index in [1.807, 2.05) is 19.1 Å². The zero-order valence-corrected chi connectivity index (χ0v) is 11.8. The van der Waals surface area contributed by atoms with Crippen LogP contribution < -0.4 is 19.9 Å². The summed E-state index contributed by atoms with van der Waals surface area (Å²) in [5.41, 5.74) is 6.98. The maximum atomic E-state index is 6.10. The smallest absolute Gasteiger partial charge is 0.231 e. The molecule has 110 valence electrons. The summed E-state index contributed by atoms with van der Waals surface area (Å²) >= 11 is 0. The summed E-state index contributed by atoms with van der Waals surface area (Å²) < 4.78 is 22.4. The highest BCUT2D eigenvalue weighted by Crippen LogP contribution is 2.39. The van der Waals surface area contributed by atoms with Crippen LogP contribution in [0.4, 0.5) is 0 Å². The fraction of sp³-hybridized carbons (Fsp3) is 0.600. The van der Waals surface area contributed by atoms with Crippen molar-refractivity contribution in [3.8, 4) is 17.2 Å². The Morgan fingerprint density at radius 3 is 2.85 bits per heavy atom. The van der Waals surface area contributed by atoms with E-state index in [4.69, 9.17) is 24.7 Å². The molecule has 0 bridgehead atoms. The van der Waals surface area contributed by atoms with Gasteiger partial charge in [-0.2, -0.15) is 0 Å². The van der Waals surface area contributed by atoms with Gasteiger partial charge in [0.15, 0.2) is 11.5 Å². The average Bonchev–Trinajstić information content (AvgIpc) is 2.86. The van der Waals surface area contributed by atoms with E-state index in [9.17, 15) is 0 Å². The highest BCUT2D eigenvalue weighted by molar-refractivity contribution is 5.52. The van der Waals surface area contributed by atoms with Crippen LogP contribution in [0.15, 0.2) is 12.1 Å². The molecule has 5 nitrogen and oxygen atoms in total. The molecule has 0 aromatic heterocycles. The molecule has 2 aliphatic heterocycles. The summed E-state index contributed by atoms with van der Waals surface area (Å²) in [6.07, 6.45) is 2.92. The molecule has 5 heteroatoms. The maximum Gasteiger partial charge on any atom is 0.231 e. The first-order chi connectivity index (χ1) is 9.72. The van der Waals surface area contributed by atoms with Crippen molar-refractivity contribution in [1.82, 2.24) is 0 Å². The van der Waals surface area contributed by atoms with Crippen LogP contribution in [-0.4, -0.2) is 32.2 Å². The Hall–Kier alpha value is -1.46. The lowest BCUT2D eigenvalue weighted by atomic mass is 10.1. The molecule has 0 spiro atoms. The minimum Gasteiger partial charge on any atom is -0.488 e. The molecule has 20 heavy (non-hydrogen) atoms. The van der Waals surface area contributed by atoms with Crippen molar-refractivity contribution in [3.63, 3.8) is 0 Å². The van der Waals surface area contributed by atoms with Gasteiger partial charge in [-0.05, 0) is 37.8 Å². The van der Waals surface area contributed by atoms with Crippen LogP contribution in [0.2, 0.25) is 0 Å². The molecule has 0 amide bonds. The predicted molar refractivity (Wildman–Crippen MR) is 74.4 cm³/mol. The molecule has 1 aromatic carbocycles. The summed E-state index contributed by atoms with van der Waals surface area (Å²) in [7, 11) is 0. The molecule has 1 fully saturated rings. The SMILES string of the molecule is CC(N)Cc1cc2c(cc1OC1CCCOC1)OCO2. The molecule has 1 saturated heterocycles. The Kier molecular flexibility index (Phi) is 3.98. The fourth-order valence-corrected chi connectivity index (χ4v) is 2.57. The monoisotopic (exact) mass is 279 g/mol. The van der Waals surface area contributed by atoms with Crippen LogP contribution >= 0.6 is 0 Å². The van der Waals surface area contributed by atoms with Gasteiger partial charge in [0.05, 0.1) is 6.61 Å². The third kappa shape index (κ3) is 2.99. The Labute approximate surface area is 118 Å². The lowest BCUT2D eigenvalue weighted by Gasteiger charge is -2.25. The molecule has 1 aromatic rings. The van der Waals surface area contributed by atoms with E-state index >= 15 is 0 Å². The van der Waals surface area contributed by atoms with Crippen LogP contribution in [0.1, 0.15) is 25.3 Å². The van der Waals surface area contributed by atoms with Gasteiger partial charge >= 0.3 is 0 Å². The molecule has 2 aliphatic rings. The quantitative estimate of drug-likeness (QED) is 0.911. The van der Waals surface area contributed by atoms with Crippen molar-refractivity contribution in [2.75, 3.05) is 20.0 Å². The molecule has 2 atom stereocenters. The summed E-state index contributed by atoms with van der Waals surface area (Å²) in [6, 6.07) is 3.96. The molecule has 0 aliphatic carbocycles. The summed E-state index contributed by atoms with van der Waals surface area (Å²) in [5.74, 6) is 2.35. The van der Waals surface area contributed by atoms with Crippen LogP contribution in [0, 0.1) is 0 Å². The van der Waals surface area contributed by atoms with Gasteiger partial charge in [-0.25, -0.2) is 0 Å². The van der Waals surface area contributed by atoms with Gasteiger partial charge in [0.1, 0.15) is 11.9 Å². The molecule has 2 unspecified atom stereocenters. The zero-order valence-electron chi connectivity index (χ0n) is 11.8. The van der Waals surface area contributed by atoms with Gasteiger partial charge in [0.25, 0.3) is 0 Å². The summed E-state index contributed by atoms with van der Waals surface area (Å²) in [4.78, 5) is 0. The first kappa shape index (κ1) is 13.5. The highest BCUT2D eigenvalue weighted by Gasteiger charge is 2.22. The standard InChI is InChI=1S/C15H21NO4/c1-10(16)5-11-6-14-15(19-9-18-14)7-13(11)20-12-3-2-4-17-8-12/h6-7,10,12H,2-5,8-9,16H2,1H3. The normalized spacial score (nSPS) is 22.6. The Bertz CT molecular complexity index is 469. The van der Waals surface area contributed by atoms with E-state index < -0.39 is 0 Å². The van der Waals surface area contributed by atoms with Crippen molar-refractivity contribution in [3.05, 3.63) is 17.7 Å². The van der Waals surface area contributed by atoms with Crippen LogP contribution in [-0.2, 0) is 11.2 Å². The third-order valence-corrected chi connectivity index (χ3v) is 3.51. The number of hydrogen-bond acceptors (Lipinski definition) is 5. The van der Waals surface area contributed by atoms with Crippen LogP contribution in [0.25, 0.3) is 0 Å². The summed E-state index contributed by atoms with van der Waals surface area (Å²) in [5, 5.41) is 0. The second kappa shape index (κ2) is 5.89. The second-order valence-corrected chi connectivity index (χ2v) is 5.45. The fourth-order valence-electron chi connectivity index (χ4n) is 2.57. The van der Waals surface area contributed by atoms with E-state index in [1.165, 1.54) is 0 Å². The number of fused-ring (bicyclic) bond motifs is 1. The number of nitrogens with two attached hydrogens (primary N) is 1. The number of rotatable bonds is 4. The number of hydrogen-bond donors (Lipinski definition) is 1. The summed E-state index contributed by atoms with van der Waals surface area (Å²) in [6.45, 7) is 3.72. The van der Waals surface area contributed by atoms with Gasteiger partial charge < -0.3 is 24.7 Å². The topological polar surface area (TPSA) is 62.9 Å². The van der Waals surface area contributed by atoms with Gasteiger partial charge in [-0.15, -0.1) is 0 Å². The Morgan fingerprint density at radius 2 is 2.15 bits per heavy atom. The Morgan fingerprint density at radius 1 is 1.35 bits per heavy atom. The van der Waals surface area contributed by atoms with Gasteiger partial charge in [0, 0.05) is 18.7 Å². The minimum atomic E-state index is 0.0697. The van der Waals surface area contributed by atoms with E-state index in [0.29, 0.717) is 6.61 Å². The maximum absolute atomic E-state index is 6.10. The van der Waals surface area contributed by atoms with Crippen molar-refractivity contribution in [1.29, 1.82) is 0 Å². The minimum absolute atomic E-state index is 0.0697. The molecule has 0 radical (unpaired) electrons.